The topological polar surface area (TPSA) is 46.9 Å². The summed E-state index contributed by atoms with van der Waals surface area (Å²) in [5.74, 6) is -0.155. The van der Waals surface area contributed by atoms with E-state index in [1.165, 1.54) is 6.08 Å². The number of para-hydroxylation sites is 1. The van der Waals surface area contributed by atoms with Crippen molar-refractivity contribution < 1.29 is 4.79 Å². The summed E-state index contributed by atoms with van der Waals surface area (Å²) < 4.78 is 1.77. The average Bonchev–Trinajstić information content (AvgIpc) is 3.09. The van der Waals surface area contributed by atoms with Crippen molar-refractivity contribution in [3.8, 4) is 5.69 Å². The summed E-state index contributed by atoms with van der Waals surface area (Å²) in [7, 11) is 0. The monoisotopic (exact) mass is 337 g/mol. The number of hydrogen-bond acceptors (Lipinski definition) is 2. The molecule has 2 aromatic carbocycles. The molecule has 1 N–H and O–H groups in total. The number of halogens is 1. The molecule has 0 saturated carbocycles. The third-order valence-corrected chi connectivity index (χ3v) is 3.68. The molecule has 3 rings (SSSR count). The molecule has 0 spiro atoms. The van der Waals surface area contributed by atoms with Crippen LogP contribution in [0.3, 0.4) is 0 Å². The summed E-state index contributed by atoms with van der Waals surface area (Å²) in [5.41, 5.74) is 2.84. The first-order chi connectivity index (χ1) is 11.7. The van der Waals surface area contributed by atoms with E-state index in [4.69, 9.17) is 11.6 Å². The minimum absolute atomic E-state index is 0.155. The Balaban J connectivity index is 1.56. The third-order valence-electron chi connectivity index (χ3n) is 3.43. The van der Waals surface area contributed by atoms with Gasteiger partial charge in [-0.05, 0) is 35.9 Å². The molecule has 1 aromatic heterocycles. The van der Waals surface area contributed by atoms with Crippen LogP contribution in [0.1, 0.15) is 11.1 Å². The van der Waals surface area contributed by atoms with E-state index >= 15 is 0 Å². The van der Waals surface area contributed by atoms with E-state index < -0.39 is 0 Å². The van der Waals surface area contributed by atoms with Crippen molar-refractivity contribution in [3.05, 3.63) is 89.2 Å². The smallest absolute Gasteiger partial charge is 0.244 e. The van der Waals surface area contributed by atoms with Crippen LogP contribution in [-0.2, 0) is 11.3 Å². The van der Waals surface area contributed by atoms with Crippen LogP contribution in [0.4, 0.5) is 0 Å². The molecule has 0 aliphatic carbocycles. The summed E-state index contributed by atoms with van der Waals surface area (Å²) in [5, 5.41) is 7.80. The molecule has 3 aromatic rings. The number of nitrogens with zero attached hydrogens (tertiary/aromatic N) is 2. The van der Waals surface area contributed by atoms with Crippen LogP contribution in [-0.4, -0.2) is 15.7 Å². The van der Waals surface area contributed by atoms with Gasteiger partial charge in [-0.1, -0.05) is 41.9 Å². The summed E-state index contributed by atoms with van der Waals surface area (Å²) in [6.45, 7) is 0.462. The van der Waals surface area contributed by atoms with Gasteiger partial charge in [0.05, 0.1) is 11.9 Å². The zero-order chi connectivity index (χ0) is 16.8. The lowest BCUT2D eigenvalue weighted by atomic mass is 10.2. The van der Waals surface area contributed by atoms with Crippen molar-refractivity contribution in [2.24, 2.45) is 0 Å². The lowest BCUT2D eigenvalue weighted by Gasteiger charge is -2.02. The molecule has 0 aliphatic heterocycles. The second kappa shape index (κ2) is 7.62. The number of hydrogen-bond donors (Lipinski definition) is 1. The number of amides is 1. The molecule has 5 heteroatoms. The van der Waals surface area contributed by atoms with Crippen LogP contribution < -0.4 is 5.32 Å². The molecule has 0 bridgehead atoms. The predicted octanol–water partition coefficient (Wildman–Crippen LogP) is 3.86. The van der Waals surface area contributed by atoms with Gasteiger partial charge >= 0.3 is 0 Å². The van der Waals surface area contributed by atoms with Crippen molar-refractivity contribution >= 4 is 23.6 Å². The van der Waals surface area contributed by atoms with Crippen LogP contribution >= 0.6 is 11.6 Å². The Hall–Kier alpha value is -2.85. The maximum Gasteiger partial charge on any atom is 0.244 e. The Morgan fingerprint density at radius 3 is 2.62 bits per heavy atom. The second-order valence-corrected chi connectivity index (χ2v) is 5.67. The summed E-state index contributed by atoms with van der Waals surface area (Å²) >= 11 is 5.83. The molecule has 120 valence electrons. The van der Waals surface area contributed by atoms with E-state index in [1.54, 1.807) is 29.1 Å². The fraction of sp³-hybridized carbons (Fsp3) is 0.0526. The first-order valence-electron chi connectivity index (χ1n) is 7.51. The van der Waals surface area contributed by atoms with Crippen LogP contribution in [0.25, 0.3) is 11.8 Å². The maximum absolute atomic E-state index is 11.9. The van der Waals surface area contributed by atoms with Crippen LogP contribution in [0.5, 0.6) is 0 Å². The Morgan fingerprint density at radius 1 is 1.12 bits per heavy atom. The highest BCUT2D eigenvalue weighted by Crippen LogP contribution is 2.10. The fourth-order valence-corrected chi connectivity index (χ4v) is 2.29. The average molecular weight is 338 g/mol. The molecule has 4 nitrogen and oxygen atoms in total. The van der Waals surface area contributed by atoms with Gasteiger partial charge in [-0.15, -0.1) is 0 Å². The molecule has 0 aliphatic rings. The fourth-order valence-electron chi connectivity index (χ4n) is 2.17. The molecule has 0 unspecified atom stereocenters. The van der Waals surface area contributed by atoms with E-state index in [1.807, 2.05) is 48.7 Å². The molecular formula is C19H16ClN3O. The molecule has 0 saturated heterocycles. The van der Waals surface area contributed by atoms with Crippen molar-refractivity contribution in [1.29, 1.82) is 0 Å². The largest absolute Gasteiger partial charge is 0.348 e. The molecular weight excluding hydrogens is 322 g/mol. The van der Waals surface area contributed by atoms with Gasteiger partial charge in [-0.2, -0.15) is 5.10 Å². The zero-order valence-electron chi connectivity index (χ0n) is 12.9. The number of carbonyl (C=O) groups excluding carboxylic acids is 1. The van der Waals surface area contributed by atoms with Gasteiger partial charge in [0.2, 0.25) is 5.91 Å². The van der Waals surface area contributed by atoms with E-state index in [2.05, 4.69) is 10.4 Å². The number of benzene rings is 2. The minimum atomic E-state index is -0.155. The van der Waals surface area contributed by atoms with Gasteiger partial charge in [-0.25, -0.2) is 4.68 Å². The number of nitrogens with one attached hydrogen (secondary N) is 1. The standard InChI is InChI=1S/C19H16ClN3O/c20-17-9-6-15(7-10-17)12-21-19(24)11-8-16-13-22-23(14-16)18-4-2-1-3-5-18/h1-11,13-14H,12H2,(H,21,24)/b11-8-. The highest BCUT2D eigenvalue weighted by Gasteiger charge is 2.00. The normalized spacial score (nSPS) is 10.9. The second-order valence-electron chi connectivity index (χ2n) is 5.23. The van der Waals surface area contributed by atoms with Gasteiger partial charge in [0, 0.05) is 29.4 Å². The van der Waals surface area contributed by atoms with Crippen molar-refractivity contribution in [3.63, 3.8) is 0 Å². The number of rotatable bonds is 5. The lowest BCUT2D eigenvalue weighted by Crippen LogP contribution is -2.20. The molecule has 1 heterocycles. The van der Waals surface area contributed by atoms with Crippen LogP contribution in [0.2, 0.25) is 5.02 Å². The van der Waals surface area contributed by atoms with Crippen molar-refractivity contribution in [2.75, 3.05) is 0 Å². The van der Waals surface area contributed by atoms with E-state index in [0.29, 0.717) is 11.6 Å². The third kappa shape index (κ3) is 4.33. The first-order valence-corrected chi connectivity index (χ1v) is 7.89. The summed E-state index contributed by atoms with van der Waals surface area (Å²) in [4.78, 5) is 11.9. The van der Waals surface area contributed by atoms with Crippen LogP contribution in [0.15, 0.2) is 73.1 Å². The van der Waals surface area contributed by atoms with Crippen LogP contribution in [0, 0.1) is 0 Å². The van der Waals surface area contributed by atoms with Gasteiger partial charge in [0.1, 0.15) is 0 Å². The Kier molecular flexibility index (Phi) is 5.08. The molecule has 0 radical (unpaired) electrons. The molecule has 24 heavy (non-hydrogen) atoms. The quantitative estimate of drug-likeness (QED) is 0.719. The van der Waals surface area contributed by atoms with Gasteiger partial charge in [-0.3, -0.25) is 4.79 Å². The highest BCUT2D eigenvalue weighted by molar-refractivity contribution is 6.30. The maximum atomic E-state index is 11.9. The number of aromatic nitrogens is 2. The SMILES string of the molecule is O=C(/C=C\c1cnn(-c2ccccc2)c1)NCc1ccc(Cl)cc1. The minimum Gasteiger partial charge on any atom is -0.348 e. The summed E-state index contributed by atoms with van der Waals surface area (Å²) in [6, 6.07) is 17.2. The predicted molar refractivity (Wildman–Crippen MR) is 95.9 cm³/mol. The first kappa shape index (κ1) is 16.0. The van der Waals surface area contributed by atoms with E-state index in [0.717, 1.165) is 16.8 Å². The van der Waals surface area contributed by atoms with Gasteiger partial charge in [0.25, 0.3) is 0 Å². The number of carbonyl (C=O) groups is 1. The zero-order valence-corrected chi connectivity index (χ0v) is 13.6. The molecule has 0 atom stereocenters. The Morgan fingerprint density at radius 2 is 1.88 bits per heavy atom. The van der Waals surface area contributed by atoms with Crippen molar-refractivity contribution in [2.45, 2.75) is 6.54 Å². The van der Waals surface area contributed by atoms with E-state index in [-0.39, 0.29) is 5.91 Å². The van der Waals surface area contributed by atoms with Gasteiger partial charge in [0.15, 0.2) is 0 Å². The van der Waals surface area contributed by atoms with E-state index in [9.17, 15) is 4.79 Å². The highest BCUT2D eigenvalue weighted by atomic mass is 35.5. The Bertz CT molecular complexity index is 839. The Labute approximate surface area is 145 Å². The summed E-state index contributed by atoms with van der Waals surface area (Å²) in [6.07, 6.45) is 6.83. The lowest BCUT2D eigenvalue weighted by molar-refractivity contribution is -0.116. The molecule has 0 fully saturated rings. The molecule has 1 amide bonds. The van der Waals surface area contributed by atoms with Gasteiger partial charge < -0.3 is 5.32 Å². The van der Waals surface area contributed by atoms with Crippen molar-refractivity contribution in [1.82, 2.24) is 15.1 Å².